The number of ether oxygens (including phenoxy) is 1. The highest BCUT2D eigenvalue weighted by Crippen LogP contribution is 2.21. The van der Waals surface area contributed by atoms with Crippen LogP contribution in [0, 0.1) is 11.7 Å². The molecule has 8 heteroatoms. The van der Waals surface area contributed by atoms with Crippen LogP contribution in [0.15, 0.2) is 48.7 Å². The molecule has 0 saturated carbocycles. The Morgan fingerprint density at radius 3 is 2.41 bits per heavy atom. The standard InChI is InChI=1S/C21H23FN4O3/c22-17-5-1-2-6-18(17)29-15-20(27)26-13-16(14-26)21(28)25-11-9-24(10-12-25)19-7-3-4-8-23-19/h1-8,16H,9-15H2. The van der Waals surface area contributed by atoms with Crippen molar-refractivity contribution < 1.29 is 18.7 Å². The van der Waals surface area contributed by atoms with Crippen LogP contribution in [0.1, 0.15) is 0 Å². The number of benzene rings is 1. The van der Waals surface area contributed by atoms with Crippen LogP contribution < -0.4 is 9.64 Å². The smallest absolute Gasteiger partial charge is 0.260 e. The molecule has 0 radical (unpaired) electrons. The van der Waals surface area contributed by atoms with Crippen LogP contribution >= 0.6 is 0 Å². The Labute approximate surface area is 168 Å². The van der Waals surface area contributed by atoms with E-state index in [2.05, 4.69) is 9.88 Å². The topological polar surface area (TPSA) is 66.0 Å². The summed E-state index contributed by atoms with van der Waals surface area (Å²) in [7, 11) is 0. The number of nitrogens with zero attached hydrogens (tertiary/aromatic N) is 4. The molecule has 1 aromatic carbocycles. The summed E-state index contributed by atoms with van der Waals surface area (Å²) in [4.78, 5) is 34.8. The van der Waals surface area contributed by atoms with E-state index in [1.165, 1.54) is 12.1 Å². The molecule has 29 heavy (non-hydrogen) atoms. The van der Waals surface area contributed by atoms with Crippen LogP contribution in [0.25, 0.3) is 0 Å². The van der Waals surface area contributed by atoms with Gasteiger partial charge in [0.05, 0.1) is 5.92 Å². The number of halogens is 1. The summed E-state index contributed by atoms with van der Waals surface area (Å²) in [6.07, 6.45) is 1.77. The number of carbonyl (C=O) groups excluding carboxylic acids is 2. The van der Waals surface area contributed by atoms with E-state index in [4.69, 9.17) is 4.74 Å². The van der Waals surface area contributed by atoms with Gasteiger partial charge in [-0.1, -0.05) is 18.2 Å². The van der Waals surface area contributed by atoms with Crippen molar-refractivity contribution in [3.63, 3.8) is 0 Å². The third-order valence-corrected chi connectivity index (χ3v) is 5.34. The number of hydrogen-bond acceptors (Lipinski definition) is 5. The van der Waals surface area contributed by atoms with Gasteiger partial charge in [0.2, 0.25) is 5.91 Å². The molecule has 0 unspecified atom stereocenters. The first-order valence-electron chi connectivity index (χ1n) is 9.71. The maximum absolute atomic E-state index is 13.5. The second-order valence-electron chi connectivity index (χ2n) is 7.22. The maximum atomic E-state index is 13.5. The molecule has 0 atom stereocenters. The lowest BCUT2D eigenvalue weighted by Crippen LogP contribution is -2.59. The molecule has 0 N–H and O–H groups in total. The molecule has 2 amide bonds. The molecular weight excluding hydrogens is 375 g/mol. The van der Waals surface area contributed by atoms with E-state index in [1.807, 2.05) is 23.1 Å². The molecule has 0 aliphatic carbocycles. The van der Waals surface area contributed by atoms with Crippen LogP contribution in [0.2, 0.25) is 0 Å². The van der Waals surface area contributed by atoms with E-state index in [0.29, 0.717) is 26.2 Å². The lowest BCUT2D eigenvalue weighted by atomic mass is 9.98. The number of amides is 2. The summed E-state index contributed by atoms with van der Waals surface area (Å²) in [5.41, 5.74) is 0. The van der Waals surface area contributed by atoms with Gasteiger partial charge < -0.3 is 19.4 Å². The minimum absolute atomic E-state index is 0.0553. The summed E-state index contributed by atoms with van der Waals surface area (Å²) in [5.74, 6) is 0.160. The zero-order valence-electron chi connectivity index (χ0n) is 16.0. The maximum Gasteiger partial charge on any atom is 0.260 e. The predicted molar refractivity (Wildman–Crippen MR) is 105 cm³/mol. The summed E-state index contributed by atoms with van der Waals surface area (Å²) in [5, 5.41) is 0. The molecule has 7 nitrogen and oxygen atoms in total. The van der Waals surface area contributed by atoms with E-state index in [1.54, 1.807) is 23.2 Å². The minimum Gasteiger partial charge on any atom is -0.481 e. The van der Waals surface area contributed by atoms with Crippen LogP contribution in [-0.2, 0) is 9.59 Å². The van der Waals surface area contributed by atoms with Gasteiger partial charge in [0, 0.05) is 45.5 Å². The number of pyridine rings is 1. The van der Waals surface area contributed by atoms with Crippen molar-refractivity contribution in [3.8, 4) is 5.75 Å². The monoisotopic (exact) mass is 398 g/mol. The van der Waals surface area contributed by atoms with E-state index in [9.17, 15) is 14.0 Å². The van der Waals surface area contributed by atoms with Crippen LogP contribution in [0.3, 0.4) is 0 Å². The van der Waals surface area contributed by atoms with E-state index in [-0.39, 0.29) is 30.1 Å². The Hall–Kier alpha value is -3.16. The Bertz CT molecular complexity index is 865. The second kappa shape index (κ2) is 8.46. The zero-order chi connectivity index (χ0) is 20.2. The normalized spacial score (nSPS) is 17.1. The second-order valence-corrected chi connectivity index (χ2v) is 7.22. The Morgan fingerprint density at radius 2 is 1.72 bits per heavy atom. The number of likely N-dealkylation sites (tertiary alicyclic amines) is 1. The number of carbonyl (C=O) groups is 2. The van der Waals surface area contributed by atoms with Crippen molar-refractivity contribution in [2.45, 2.75) is 0 Å². The number of anilines is 1. The number of para-hydroxylation sites is 1. The third kappa shape index (κ3) is 4.31. The zero-order valence-corrected chi connectivity index (χ0v) is 16.0. The quantitative estimate of drug-likeness (QED) is 0.762. The minimum atomic E-state index is -0.498. The molecule has 2 aliphatic rings. The average molecular weight is 398 g/mol. The molecule has 3 heterocycles. The summed E-state index contributed by atoms with van der Waals surface area (Å²) < 4.78 is 18.8. The molecule has 0 bridgehead atoms. The SMILES string of the molecule is O=C(COc1ccccc1F)N1CC(C(=O)N2CCN(c3ccccn3)CC2)C1. The van der Waals surface area contributed by atoms with Gasteiger partial charge in [0.25, 0.3) is 5.91 Å². The summed E-state index contributed by atoms with van der Waals surface area (Å²) in [6.45, 7) is 3.33. The van der Waals surface area contributed by atoms with Crippen molar-refractivity contribution in [3.05, 3.63) is 54.5 Å². The van der Waals surface area contributed by atoms with Crippen molar-refractivity contribution in [2.24, 2.45) is 5.92 Å². The largest absolute Gasteiger partial charge is 0.481 e. The Kier molecular flexibility index (Phi) is 5.59. The first kappa shape index (κ1) is 19.2. The van der Waals surface area contributed by atoms with E-state index < -0.39 is 5.82 Å². The molecule has 2 fully saturated rings. The summed E-state index contributed by atoms with van der Waals surface area (Å²) in [6, 6.07) is 11.8. The van der Waals surface area contributed by atoms with Crippen LogP contribution in [-0.4, -0.2) is 72.5 Å². The van der Waals surface area contributed by atoms with Crippen molar-refractivity contribution in [1.82, 2.24) is 14.8 Å². The predicted octanol–water partition coefficient (Wildman–Crippen LogP) is 1.41. The first-order chi connectivity index (χ1) is 14.1. The van der Waals surface area contributed by atoms with Crippen molar-refractivity contribution in [1.29, 1.82) is 0 Å². The van der Waals surface area contributed by atoms with Crippen molar-refractivity contribution in [2.75, 3.05) is 50.8 Å². The molecule has 1 aromatic heterocycles. The van der Waals surface area contributed by atoms with E-state index in [0.717, 1.165) is 18.9 Å². The molecule has 4 rings (SSSR count). The fraction of sp³-hybridized carbons (Fsp3) is 0.381. The van der Waals surface area contributed by atoms with Gasteiger partial charge in [0.15, 0.2) is 18.2 Å². The van der Waals surface area contributed by atoms with Gasteiger partial charge in [-0.25, -0.2) is 9.37 Å². The Balaban J connectivity index is 1.20. The molecule has 2 aliphatic heterocycles. The van der Waals surface area contributed by atoms with E-state index >= 15 is 0 Å². The summed E-state index contributed by atoms with van der Waals surface area (Å²) >= 11 is 0. The number of rotatable bonds is 5. The van der Waals surface area contributed by atoms with Gasteiger partial charge >= 0.3 is 0 Å². The molecule has 152 valence electrons. The van der Waals surface area contributed by atoms with Gasteiger partial charge in [-0.3, -0.25) is 9.59 Å². The lowest BCUT2D eigenvalue weighted by Gasteiger charge is -2.42. The lowest BCUT2D eigenvalue weighted by molar-refractivity contribution is -0.149. The highest BCUT2D eigenvalue weighted by molar-refractivity contribution is 5.85. The fourth-order valence-electron chi connectivity index (χ4n) is 3.59. The highest BCUT2D eigenvalue weighted by atomic mass is 19.1. The average Bonchev–Trinajstić information content (AvgIpc) is 2.73. The van der Waals surface area contributed by atoms with Crippen LogP contribution in [0.5, 0.6) is 5.75 Å². The molecule has 2 aromatic rings. The van der Waals surface area contributed by atoms with Gasteiger partial charge in [-0.05, 0) is 24.3 Å². The fourth-order valence-corrected chi connectivity index (χ4v) is 3.59. The first-order valence-corrected chi connectivity index (χ1v) is 9.71. The number of aromatic nitrogens is 1. The number of piperazine rings is 1. The van der Waals surface area contributed by atoms with Gasteiger partial charge in [-0.15, -0.1) is 0 Å². The highest BCUT2D eigenvalue weighted by Gasteiger charge is 2.38. The van der Waals surface area contributed by atoms with Gasteiger partial charge in [-0.2, -0.15) is 0 Å². The number of hydrogen-bond donors (Lipinski definition) is 0. The van der Waals surface area contributed by atoms with Crippen LogP contribution in [0.4, 0.5) is 10.2 Å². The molecule has 0 spiro atoms. The molecular formula is C21H23FN4O3. The van der Waals surface area contributed by atoms with Gasteiger partial charge in [0.1, 0.15) is 5.82 Å². The Morgan fingerprint density at radius 1 is 1.00 bits per heavy atom. The third-order valence-electron chi connectivity index (χ3n) is 5.34. The molecule has 2 saturated heterocycles. The van der Waals surface area contributed by atoms with Crippen molar-refractivity contribution >= 4 is 17.6 Å².